The number of halogens is 4. The van der Waals surface area contributed by atoms with Crippen LogP contribution in [0.5, 0.6) is 17.2 Å². The van der Waals surface area contributed by atoms with Gasteiger partial charge in [-0.1, -0.05) is 26.0 Å². The van der Waals surface area contributed by atoms with E-state index in [0.717, 1.165) is 12.0 Å². The molecule has 0 saturated heterocycles. The minimum absolute atomic E-state index is 0.00585. The highest BCUT2D eigenvalue weighted by molar-refractivity contribution is 5.41. The molecule has 0 heterocycles. The molecule has 2 rings (SSSR count). The third-order valence-corrected chi connectivity index (χ3v) is 3.56. The van der Waals surface area contributed by atoms with Gasteiger partial charge < -0.3 is 9.62 Å². The maximum absolute atomic E-state index is 13.7. The van der Waals surface area contributed by atoms with Crippen molar-refractivity contribution < 1.29 is 32.4 Å². The smallest absolute Gasteiger partial charge is 0.242 e. The van der Waals surface area contributed by atoms with Gasteiger partial charge in [-0.2, -0.15) is 17.6 Å². The number of ether oxygens (including phenoxy) is 1. The molecule has 0 fully saturated rings. The van der Waals surface area contributed by atoms with E-state index in [1.165, 1.54) is 12.1 Å². The number of hydrogen-bond acceptors (Lipinski definition) is 3. The summed E-state index contributed by atoms with van der Waals surface area (Å²) in [5.74, 6) is -9.93. The van der Waals surface area contributed by atoms with E-state index in [9.17, 15) is 17.6 Å². The first-order chi connectivity index (χ1) is 10.9. The van der Waals surface area contributed by atoms with Crippen LogP contribution in [0.25, 0.3) is 0 Å². The van der Waals surface area contributed by atoms with Gasteiger partial charge in [0.15, 0.2) is 0 Å². The largest absolute Gasteiger partial charge is 0.451 e. The Morgan fingerprint density at radius 2 is 1.39 bits per heavy atom. The molecule has 2 aromatic rings. The summed E-state index contributed by atoms with van der Waals surface area (Å²) in [5, 5.41) is 8.28. The molecular weight excluding hydrogens is 316 g/mol. The van der Waals surface area contributed by atoms with Crippen LogP contribution in [0, 0.1) is 23.3 Å². The summed E-state index contributed by atoms with van der Waals surface area (Å²) in [5.41, 5.74) is 0.988. The quantitative estimate of drug-likeness (QED) is 0.345. The van der Waals surface area contributed by atoms with Crippen LogP contribution in [-0.4, -0.2) is 5.26 Å². The van der Waals surface area contributed by atoms with Gasteiger partial charge in [0.2, 0.25) is 34.8 Å². The summed E-state index contributed by atoms with van der Waals surface area (Å²) < 4.78 is 59.3. The minimum atomic E-state index is -1.89. The van der Waals surface area contributed by atoms with Crippen LogP contribution in [0.2, 0.25) is 0 Å². The van der Waals surface area contributed by atoms with Crippen LogP contribution in [0.3, 0.4) is 0 Å². The summed E-state index contributed by atoms with van der Waals surface area (Å²) in [4.78, 5) is 3.31. The molecule has 0 radical (unpaired) electrons. The summed E-state index contributed by atoms with van der Waals surface area (Å²) in [7, 11) is 0. The predicted molar refractivity (Wildman–Crippen MR) is 74.8 cm³/mol. The molecule has 1 unspecified atom stereocenters. The SMILES string of the molecule is CCC(C)c1ccc(Oc2c(F)c(F)c(OO)c(F)c2F)cc1. The fourth-order valence-electron chi connectivity index (χ4n) is 1.98. The molecule has 23 heavy (non-hydrogen) atoms. The molecule has 7 heteroatoms. The Bertz CT molecular complexity index is 672. The van der Waals surface area contributed by atoms with E-state index in [1.54, 1.807) is 12.1 Å². The van der Waals surface area contributed by atoms with Crippen molar-refractivity contribution in [3.05, 3.63) is 53.1 Å². The Kier molecular flexibility index (Phi) is 5.10. The molecule has 0 saturated carbocycles. The lowest BCUT2D eigenvalue weighted by molar-refractivity contribution is -0.144. The molecule has 0 aliphatic heterocycles. The normalized spacial score (nSPS) is 12.1. The van der Waals surface area contributed by atoms with Gasteiger partial charge in [-0.25, -0.2) is 5.26 Å². The topological polar surface area (TPSA) is 38.7 Å². The Hall–Kier alpha value is -2.28. The van der Waals surface area contributed by atoms with Gasteiger partial charge in [-0.15, -0.1) is 0 Å². The van der Waals surface area contributed by atoms with Crippen molar-refractivity contribution in [2.75, 3.05) is 0 Å². The first-order valence-corrected chi connectivity index (χ1v) is 6.85. The maximum Gasteiger partial charge on any atom is 0.242 e. The molecule has 0 amide bonds. The second kappa shape index (κ2) is 6.87. The Morgan fingerprint density at radius 3 is 1.83 bits per heavy atom. The molecule has 1 N–H and O–H groups in total. The van der Waals surface area contributed by atoms with E-state index in [0.29, 0.717) is 0 Å². The van der Waals surface area contributed by atoms with Gasteiger partial charge in [0.1, 0.15) is 5.75 Å². The zero-order valence-corrected chi connectivity index (χ0v) is 12.4. The van der Waals surface area contributed by atoms with Crippen LogP contribution in [0.4, 0.5) is 17.6 Å². The van der Waals surface area contributed by atoms with Crippen LogP contribution in [0.15, 0.2) is 24.3 Å². The van der Waals surface area contributed by atoms with Crippen molar-refractivity contribution in [2.24, 2.45) is 0 Å². The summed E-state index contributed by atoms with van der Waals surface area (Å²) >= 11 is 0. The van der Waals surface area contributed by atoms with Crippen LogP contribution < -0.4 is 9.62 Å². The Morgan fingerprint density at radius 1 is 0.913 bits per heavy atom. The molecule has 0 bridgehead atoms. The van der Waals surface area contributed by atoms with E-state index in [4.69, 9.17) is 9.99 Å². The van der Waals surface area contributed by atoms with Crippen LogP contribution >= 0.6 is 0 Å². The van der Waals surface area contributed by atoms with Gasteiger partial charge in [0, 0.05) is 0 Å². The first-order valence-electron chi connectivity index (χ1n) is 6.85. The Balaban J connectivity index is 2.37. The predicted octanol–water partition coefficient (Wildman–Crippen LogP) is 5.40. The van der Waals surface area contributed by atoms with Crippen molar-refractivity contribution in [1.82, 2.24) is 0 Å². The number of benzene rings is 2. The highest BCUT2D eigenvalue weighted by Crippen LogP contribution is 2.36. The molecule has 1 atom stereocenters. The average molecular weight is 330 g/mol. The zero-order valence-electron chi connectivity index (χ0n) is 12.4. The zero-order chi connectivity index (χ0) is 17.1. The third kappa shape index (κ3) is 3.24. The van der Waals surface area contributed by atoms with Crippen molar-refractivity contribution >= 4 is 0 Å². The summed E-state index contributed by atoms with van der Waals surface area (Å²) in [6.45, 7) is 4.02. The first kappa shape index (κ1) is 17.1. The monoisotopic (exact) mass is 330 g/mol. The fourth-order valence-corrected chi connectivity index (χ4v) is 1.98. The highest BCUT2D eigenvalue weighted by Gasteiger charge is 2.29. The van der Waals surface area contributed by atoms with Crippen molar-refractivity contribution in [3.63, 3.8) is 0 Å². The van der Waals surface area contributed by atoms with Gasteiger partial charge in [-0.05, 0) is 30.0 Å². The number of hydrogen-bond donors (Lipinski definition) is 1. The fraction of sp³-hybridized carbons (Fsp3) is 0.250. The standard InChI is InChI=1S/C16H14F4O3/c1-3-8(2)9-4-6-10(7-5-9)22-15-11(17)13(19)16(23-21)14(20)12(15)18/h4-8,21H,3H2,1-2H3. The molecule has 0 spiro atoms. The molecule has 0 aliphatic rings. The van der Waals surface area contributed by atoms with E-state index in [-0.39, 0.29) is 11.7 Å². The molecule has 0 aliphatic carbocycles. The lowest BCUT2D eigenvalue weighted by atomic mass is 9.99. The Labute approximate surface area is 130 Å². The summed E-state index contributed by atoms with van der Waals surface area (Å²) in [6, 6.07) is 6.26. The van der Waals surface area contributed by atoms with Crippen molar-refractivity contribution in [3.8, 4) is 17.2 Å². The van der Waals surface area contributed by atoms with E-state index in [1.807, 2.05) is 13.8 Å². The molecule has 0 aromatic heterocycles. The highest BCUT2D eigenvalue weighted by atomic mass is 19.2. The molecule has 2 aromatic carbocycles. The van der Waals surface area contributed by atoms with Crippen molar-refractivity contribution in [2.45, 2.75) is 26.2 Å². The van der Waals surface area contributed by atoms with E-state index >= 15 is 0 Å². The lowest BCUT2D eigenvalue weighted by Crippen LogP contribution is -2.04. The second-order valence-corrected chi connectivity index (χ2v) is 4.99. The third-order valence-electron chi connectivity index (χ3n) is 3.56. The van der Waals surface area contributed by atoms with Crippen molar-refractivity contribution in [1.29, 1.82) is 0 Å². The van der Waals surface area contributed by atoms with Gasteiger partial charge in [0.25, 0.3) is 0 Å². The summed E-state index contributed by atoms with van der Waals surface area (Å²) in [6.07, 6.45) is 0.905. The molecule has 124 valence electrons. The van der Waals surface area contributed by atoms with E-state index < -0.39 is 34.8 Å². The second-order valence-electron chi connectivity index (χ2n) is 4.99. The average Bonchev–Trinajstić information content (AvgIpc) is 2.57. The van der Waals surface area contributed by atoms with Gasteiger partial charge in [-0.3, -0.25) is 0 Å². The molecular formula is C16H14F4O3. The molecule has 3 nitrogen and oxygen atoms in total. The van der Waals surface area contributed by atoms with Crippen LogP contribution in [0.1, 0.15) is 31.7 Å². The van der Waals surface area contributed by atoms with Gasteiger partial charge in [0.05, 0.1) is 0 Å². The number of rotatable bonds is 5. The van der Waals surface area contributed by atoms with Gasteiger partial charge >= 0.3 is 0 Å². The minimum Gasteiger partial charge on any atom is -0.451 e. The van der Waals surface area contributed by atoms with E-state index in [2.05, 4.69) is 4.89 Å². The maximum atomic E-state index is 13.7. The lowest BCUT2D eigenvalue weighted by Gasteiger charge is -2.13. The van der Waals surface area contributed by atoms with Crippen LogP contribution in [-0.2, 0) is 0 Å².